The normalized spacial score (nSPS) is 19.0. The number of aliphatic hydroxyl groups is 4. The Balaban J connectivity index is 4.25. The second-order valence-corrected chi connectivity index (χ2v) is 7.06. The first-order valence-electron chi connectivity index (χ1n) is 5.51. The predicted octanol–water partition coefficient (Wildman–Crippen LogP) is -3.74. The molecular weight excluding hydrogens is 336 g/mol. The molecule has 0 saturated heterocycles. The van der Waals surface area contributed by atoms with Crippen LogP contribution in [0.15, 0.2) is 0 Å². The van der Waals surface area contributed by atoms with E-state index in [4.69, 9.17) is 19.6 Å². The highest BCUT2D eigenvalue weighted by molar-refractivity contribution is 7.51. The van der Waals surface area contributed by atoms with Crippen LogP contribution >= 0.6 is 15.4 Å². The number of aliphatic hydroxyl groups excluding tert-OH is 4. The van der Waals surface area contributed by atoms with Crippen LogP contribution in [0.1, 0.15) is 0 Å². The van der Waals surface area contributed by atoms with E-state index in [1.165, 1.54) is 0 Å². The number of hydrogen-bond acceptors (Lipinski definition) is 8. The summed E-state index contributed by atoms with van der Waals surface area (Å²) in [6.45, 7) is -1.50. The lowest BCUT2D eigenvalue weighted by Gasteiger charge is -2.26. The van der Waals surface area contributed by atoms with Gasteiger partial charge in [-0.1, -0.05) is 0 Å². The first-order valence-corrected chi connectivity index (χ1v) is 8.84. The monoisotopic (exact) mass is 355 g/mol. The molecule has 0 unspecified atom stereocenters. The number of phosphoric acid groups is 1. The van der Waals surface area contributed by atoms with Crippen LogP contribution in [0.25, 0.3) is 0 Å². The summed E-state index contributed by atoms with van der Waals surface area (Å²) >= 11 is 0. The van der Waals surface area contributed by atoms with Crippen molar-refractivity contribution in [2.24, 2.45) is 0 Å². The molecule has 0 aliphatic carbocycles. The van der Waals surface area contributed by atoms with Gasteiger partial charge in [-0.3, -0.25) is 9.09 Å². The predicted molar refractivity (Wildman–Crippen MR) is 66.9 cm³/mol. The molecule has 128 valence electrons. The number of rotatable bonds is 10. The molecule has 4 atom stereocenters. The largest absolute Gasteiger partial charge is 0.469 e. The Hall–Kier alpha value is 0.0600. The van der Waals surface area contributed by atoms with Crippen LogP contribution < -0.4 is 5.32 Å². The zero-order valence-electron chi connectivity index (χ0n) is 10.6. The summed E-state index contributed by atoms with van der Waals surface area (Å²) in [5.41, 5.74) is 0. The van der Waals surface area contributed by atoms with Crippen LogP contribution in [0.2, 0.25) is 0 Å². The summed E-state index contributed by atoms with van der Waals surface area (Å²) in [6, 6.07) is 0. The van der Waals surface area contributed by atoms with Gasteiger partial charge in [-0.25, -0.2) is 4.57 Å². The zero-order valence-corrected chi connectivity index (χ0v) is 12.4. The molecule has 21 heavy (non-hydrogen) atoms. The molecule has 0 spiro atoms. The molecule has 0 fully saturated rings. The quantitative estimate of drug-likeness (QED) is 0.173. The second-order valence-electron chi connectivity index (χ2n) is 4.18. The van der Waals surface area contributed by atoms with Gasteiger partial charge in [-0.2, -0.15) is 0 Å². The van der Waals surface area contributed by atoms with Crippen molar-refractivity contribution in [1.29, 1.82) is 0 Å². The van der Waals surface area contributed by atoms with Crippen LogP contribution in [0.3, 0.4) is 0 Å². The average Bonchev–Trinajstić information content (AvgIpc) is 2.31. The lowest BCUT2D eigenvalue weighted by Crippen LogP contribution is -2.49. The Labute approximate surface area is 119 Å². The maximum Gasteiger partial charge on any atom is 0.469 e. The fraction of sp³-hybridized carbons (Fsp3) is 1.00. The summed E-state index contributed by atoms with van der Waals surface area (Å²) in [4.78, 5) is 33.9. The molecule has 12 nitrogen and oxygen atoms in total. The van der Waals surface area contributed by atoms with Crippen LogP contribution in [-0.4, -0.2) is 83.9 Å². The lowest BCUT2D eigenvalue weighted by atomic mass is 10.0. The molecule has 0 amide bonds. The van der Waals surface area contributed by atoms with Gasteiger partial charge < -0.3 is 45.3 Å². The van der Waals surface area contributed by atoms with Gasteiger partial charge in [-0.15, -0.1) is 0 Å². The standard InChI is InChI=1S/C7H19NO11P2/c9-4(1-8-3-20(13,14)15)6(11)7(12)5(10)2-19-21(16,17)18/h4-12H,1-3H2,(H2,13,14,15)(H2,16,17,18)/t4-,5-,6-,7-/m1/s1. The molecular formula is C7H19NO11P2. The van der Waals surface area contributed by atoms with Crippen molar-refractivity contribution in [3.05, 3.63) is 0 Å². The minimum absolute atomic E-state index is 0.505. The summed E-state index contributed by atoms with van der Waals surface area (Å²) in [7, 11) is -9.21. The van der Waals surface area contributed by atoms with Crippen molar-refractivity contribution in [3.63, 3.8) is 0 Å². The van der Waals surface area contributed by atoms with Crippen molar-refractivity contribution in [1.82, 2.24) is 5.32 Å². The van der Waals surface area contributed by atoms with Gasteiger partial charge in [0.05, 0.1) is 19.0 Å². The SMILES string of the molecule is O=P(O)(O)CNC[C@@H](O)[C@@H](O)[C@H](O)[C@H](O)COP(=O)(O)O. The van der Waals surface area contributed by atoms with Crippen molar-refractivity contribution >= 4 is 15.4 Å². The van der Waals surface area contributed by atoms with Gasteiger partial charge in [0.2, 0.25) is 0 Å². The smallest absolute Gasteiger partial charge is 0.389 e. The molecule has 0 radical (unpaired) electrons. The van der Waals surface area contributed by atoms with E-state index >= 15 is 0 Å². The highest BCUT2D eigenvalue weighted by Crippen LogP contribution is 2.36. The highest BCUT2D eigenvalue weighted by Gasteiger charge is 2.32. The molecule has 14 heteroatoms. The van der Waals surface area contributed by atoms with Crippen molar-refractivity contribution < 1.29 is 53.7 Å². The molecule has 0 aliphatic heterocycles. The third-order valence-corrected chi connectivity index (χ3v) is 3.34. The first-order chi connectivity index (χ1) is 9.33. The molecule has 0 aromatic carbocycles. The molecule has 0 heterocycles. The van der Waals surface area contributed by atoms with Gasteiger partial charge >= 0.3 is 15.4 Å². The third kappa shape index (κ3) is 10.4. The highest BCUT2D eigenvalue weighted by atomic mass is 31.2. The van der Waals surface area contributed by atoms with E-state index in [2.05, 4.69) is 9.84 Å². The van der Waals surface area contributed by atoms with E-state index in [9.17, 15) is 29.6 Å². The molecule has 9 N–H and O–H groups in total. The maximum atomic E-state index is 10.5. The summed E-state index contributed by atoms with van der Waals surface area (Å²) in [6.07, 6.45) is -8.30. The van der Waals surface area contributed by atoms with E-state index in [1.54, 1.807) is 0 Å². The topological polar surface area (TPSA) is 217 Å². The van der Waals surface area contributed by atoms with Gasteiger partial charge in [0.1, 0.15) is 18.3 Å². The number of phosphoric ester groups is 1. The van der Waals surface area contributed by atoms with Crippen LogP contribution in [0.4, 0.5) is 0 Å². The molecule has 0 saturated carbocycles. The van der Waals surface area contributed by atoms with E-state index in [1.807, 2.05) is 0 Å². The minimum atomic E-state index is -4.86. The third-order valence-electron chi connectivity index (χ3n) is 2.22. The molecule has 0 bridgehead atoms. The van der Waals surface area contributed by atoms with Gasteiger partial charge in [0.15, 0.2) is 0 Å². The second kappa shape index (κ2) is 8.63. The molecule has 0 aromatic rings. The van der Waals surface area contributed by atoms with Crippen LogP contribution in [-0.2, 0) is 13.7 Å². The Morgan fingerprint density at radius 1 is 0.905 bits per heavy atom. The van der Waals surface area contributed by atoms with Gasteiger partial charge in [-0.05, 0) is 0 Å². The minimum Gasteiger partial charge on any atom is -0.389 e. The Kier molecular flexibility index (Phi) is 8.65. The van der Waals surface area contributed by atoms with Crippen molar-refractivity contribution in [2.75, 3.05) is 19.4 Å². The average molecular weight is 355 g/mol. The summed E-state index contributed by atoms with van der Waals surface area (Å²) < 4.78 is 24.8. The van der Waals surface area contributed by atoms with Crippen molar-refractivity contribution in [2.45, 2.75) is 24.4 Å². The summed E-state index contributed by atoms with van der Waals surface area (Å²) in [5.74, 6) is 0. The first kappa shape index (κ1) is 21.1. The number of hydrogen-bond donors (Lipinski definition) is 9. The van der Waals surface area contributed by atoms with Gasteiger partial charge in [0.25, 0.3) is 0 Å². The van der Waals surface area contributed by atoms with Crippen LogP contribution in [0.5, 0.6) is 0 Å². The van der Waals surface area contributed by atoms with Crippen molar-refractivity contribution in [3.8, 4) is 0 Å². The Morgan fingerprint density at radius 2 is 1.38 bits per heavy atom. The van der Waals surface area contributed by atoms with Gasteiger partial charge in [0, 0.05) is 6.54 Å². The fourth-order valence-electron chi connectivity index (χ4n) is 1.21. The van der Waals surface area contributed by atoms with Crippen LogP contribution in [0, 0.1) is 0 Å². The summed E-state index contributed by atoms with van der Waals surface area (Å²) in [5, 5.41) is 39.8. The number of nitrogens with one attached hydrogen (secondary N) is 1. The Bertz CT molecular complexity index is 394. The van der Waals surface area contributed by atoms with E-state index < -0.39 is 59.3 Å². The lowest BCUT2D eigenvalue weighted by molar-refractivity contribution is -0.112. The molecule has 0 rings (SSSR count). The van der Waals surface area contributed by atoms with E-state index in [0.29, 0.717) is 0 Å². The maximum absolute atomic E-state index is 10.5. The van der Waals surface area contributed by atoms with E-state index in [0.717, 1.165) is 0 Å². The molecule has 0 aromatic heterocycles. The zero-order chi connectivity index (χ0) is 16.8. The Morgan fingerprint density at radius 3 is 1.81 bits per heavy atom. The fourth-order valence-corrected chi connectivity index (χ4v) is 1.97. The van der Waals surface area contributed by atoms with E-state index in [-0.39, 0.29) is 0 Å². The molecule has 0 aliphatic rings.